The number of rotatable bonds is 6. The van der Waals surface area contributed by atoms with Gasteiger partial charge in [0.1, 0.15) is 11.4 Å². The first-order chi connectivity index (χ1) is 25.3. The SMILES string of the molecule is Cc1ccc(N=NC2=C3C=CC(=S(=O)([O-])O)C=C3C=CC2=O)c([N+](=O)[O-])c1.Cc1ccc(N=NC2=C3C=CC(=S(=O)([O-])O)C=C3C=CC2=O)c([N+](=O)[O-])c1.[Ca+2]. The zero-order valence-corrected chi connectivity index (χ0v) is 32.3. The second-order valence-corrected chi connectivity index (χ2v) is 14.3. The van der Waals surface area contributed by atoms with Crippen LogP contribution in [0.2, 0.25) is 0 Å². The molecule has 0 saturated heterocycles. The van der Waals surface area contributed by atoms with E-state index in [0.29, 0.717) is 33.4 Å². The molecule has 2 unspecified atom stereocenters. The topological polar surface area (TPSA) is 291 Å². The third kappa shape index (κ3) is 10.1. The molecule has 0 amide bonds. The number of hydrogen-bond acceptors (Lipinski definition) is 14. The fourth-order valence-corrected chi connectivity index (χ4v) is 6.04. The van der Waals surface area contributed by atoms with Crippen LogP contribution < -0.4 is 0 Å². The van der Waals surface area contributed by atoms with Crippen LogP contribution >= 0.6 is 0 Å². The summed E-state index contributed by atoms with van der Waals surface area (Å²) in [5.74, 6) is -0.971. The van der Waals surface area contributed by atoms with Gasteiger partial charge in [-0.3, -0.25) is 38.2 Å². The van der Waals surface area contributed by atoms with Crippen molar-refractivity contribution in [3.8, 4) is 0 Å². The second kappa shape index (κ2) is 17.1. The largest absolute Gasteiger partial charge is 2.00 e. The van der Waals surface area contributed by atoms with Gasteiger partial charge in [0, 0.05) is 53.2 Å². The number of ketones is 2. The van der Waals surface area contributed by atoms with Crippen molar-refractivity contribution in [3.63, 3.8) is 0 Å². The van der Waals surface area contributed by atoms with E-state index in [2.05, 4.69) is 20.5 Å². The van der Waals surface area contributed by atoms with E-state index < -0.39 is 41.6 Å². The van der Waals surface area contributed by atoms with Crippen molar-refractivity contribution >= 4 is 102 Å². The van der Waals surface area contributed by atoms with Crippen LogP contribution in [-0.4, -0.2) is 95.5 Å². The number of nitro benzene ring substituents is 2. The molecule has 2 N–H and O–H groups in total. The Hall–Kier alpha value is -5.16. The van der Waals surface area contributed by atoms with Gasteiger partial charge in [0.2, 0.25) is 11.6 Å². The van der Waals surface area contributed by atoms with Gasteiger partial charge in [0.25, 0.3) is 11.4 Å². The number of nitro groups is 2. The van der Waals surface area contributed by atoms with Gasteiger partial charge < -0.3 is 18.2 Å². The first kappa shape index (κ1) is 42.6. The van der Waals surface area contributed by atoms with Gasteiger partial charge in [-0.2, -0.15) is 0 Å². The fourth-order valence-electron chi connectivity index (χ4n) is 5.01. The Balaban J connectivity index is 0.000000240. The Kier molecular flexibility index (Phi) is 13.2. The average molecular weight is 813 g/mol. The molecular weight excluding hydrogens is 789 g/mol. The molecule has 2 atom stereocenters. The molecule has 0 fully saturated rings. The van der Waals surface area contributed by atoms with E-state index in [4.69, 9.17) is 9.11 Å². The molecule has 55 heavy (non-hydrogen) atoms. The molecule has 0 aromatic heterocycles. The summed E-state index contributed by atoms with van der Waals surface area (Å²) >= 11 is 0. The number of hydrogen-bond donors (Lipinski definition) is 2. The number of aryl methyl sites for hydroxylation is 2. The van der Waals surface area contributed by atoms with E-state index in [1.54, 1.807) is 26.0 Å². The van der Waals surface area contributed by atoms with E-state index in [-0.39, 0.29) is 81.6 Å². The number of benzene rings is 2. The second-order valence-electron chi connectivity index (χ2n) is 11.4. The molecule has 276 valence electrons. The molecule has 0 aliphatic heterocycles. The van der Waals surface area contributed by atoms with Crippen LogP contribution in [0.25, 0.3) is 0 Å². The zero-order chi connectivity index (χ0) is 39.5. The number of allylic oxidation sites excluding steroid dienone is 14. The molecule has 4 aliphatic carbocycles. The minimum atomic E-state index is -4.40. The van der Waals surface area contributed by atoms with Crippen LogP contribution in [0.3, 0.4) is 0 Å². The van der Waals surface area contributed by atoms with Gasteiger partial charge in [0.15, 0.2) is 11.4 Å². The van der Waals surface area contributed by atoms with Gasteiger partial charge in [-0.25, -0.2) is 0 Å². The quantitative estimate of drug-likeness (QED) is 0.120. The van der Waals surface area contributed by atoms with E-state index >= 15 is 0 Å². The van der Waals surface area contributed by atoms with Crippen molar-refractivity contribution in [2.45, 2.75) is 13.8 Å². The molecule has 2 aromatic carbocycles. The summed E-state index contributed by atoms with van der Waals surface area (Å²) in [5, 5.41) is 37.7. The smallest absolute Gasteiger partial charge is 0.757 e. The first-order valence-corrected chi connectivity index (χ1v) is 18.0. The van der Waals surface area contributed by atoms with Gasteiger partial charge in [-0.05, 0) is 84.7 Å². The van der Waals surface area contributed by atoms with Gasteiger partial charge >= 0.3 is 37.7 Å². The third-order valence-electron chi connectivity index (χ3n) is 7.62. The molecule has 0 radical (unpaired) electrons. The van der Waals surface area contributed by atoms with Crippen molar-refractivity contribution in [2.75, 3.05) is 0 Å². The average Bonchev–Trinajstić information content (AvgIpc) is 3.10. The minimum Gasteiger partial charge on any atom is -0.757 e. The van der Waals surface area contributed by atoms with Crippen molar-refractivity contribution < 1.29 is 46.1 Å². The van der Waals surface area contributed by atoms with Crippen LogP contribution in [0.15, 0.2) is 151 Å². The van der Waals surface area contributed by atoms with E-state index in [1.165, 1.54) is 72.9 Å². The Labute approximate surface area is 342 Å². The Morgan fingerprint density at radius 1 is 0.582 bits per heavy atom. The zero-order valence-electron chi connectivity index (χ0n) is 28.4. The molecular formula is C34H24CaN6O12S2. The summed E-state index contributed by atoms with van der Waals surface area (Å²) in [6.07, 6.45) is 12.4. The molecule has 4 aliphatic rings. The molecule has 6 rings (SSSR count). The van der Waals surface area contributed by atoms with Gasteiger partial charge in [-0.15, -0.1) is 20.5 Å². The van der Waals surface area contributed by atoms with Crippen LogP contribution in [0, 0.1) is 34.1 Å². The third-order valence-corrected chi connectivity index (χ3v) is 9.32. The molecule has 2 aromatic rings. The van der Waals surface area contributed by atoms with Crippen LogP contribution in [0.4, 0.5) is 22.7 Å². The Bertz CT molecular complexity index is 2470. The Morgan fingerprint density at radius 2 is 0.945 bits per heavy atom. The predicted octanol–water partition coefficient (Wildman–Crippen LogP) is 5.49. The number of carbonyl (C=O) groups excluding carboxylic acids is 2. The number of carbonyl (C=O) groups is 2. The van der Waals surface area contributed by atoms with E-state index in [1.807, 2.05) is 0 Å². The van der Waals surface area contributed by atoms with Crippen molar-refractivity contribution in [1.29, 1.82) is 0 Å². The Morgan fingerprint density at radius 3 is 1.27 bits per heavy atom. The normalized spacial score (nSPS) is 18.2. The summed E-state index contributed by atoms with van der Waals surface area (Å²) < 4.78 is 63.3. The van der Waals surface area contributed by atoms with E-state index in [0.717, 1.165) is 12.2 Å². The van der Waals surface area contributed by atoms with Crippen LogP contribution in [0.1, 0.15) is 11.1 Å². The van der Waals surface area contributed by atoms with Gasteiger partial charge in [-0.1, -0.05) is 36.4 Å². The summed E-state index contributed by atoms with van der Waals surface area (Å²) in [6.45, 7) is 3.39. The minimum absolute atomic E-state index is 0. The van der Waals surface area contributed by atoms with Crippen LogP contribution in [0.5, 0.6) is 0 Å². The predicted molar refractivity (Wildman–Crippen MR) is 200 cm³/mol. The van der Waals surface area contributed by atoms with E-state index in [9.17, 15) is 47.3 Å². The molecule has 0 spiro atoms. The maximum Gasteiger partial charge on any atom is 2.00 e. The summed E-state index contributed by atoms with van der Waals surface area (Å²) in [7, 11) is -8.80. The number of azo groups is 2. The molecule has 0 bridgehead atoms. The molecule has 18 nitrogen and oxygen atoms in total. The van der Waals surface area contributed by atoms with Crippen LogP contribution in [-0.2, 0) is 29.8 Å². The van der Waals surface area contributed by atoms with Crippen molar-refractivity contribution in [1.82, 2.24) is 0 Å². The fraction of sp³-hybridized carbons (Fsp3) is 0.0588. The summed E-state index contributed by atoms with van der Waals surface area (Å²) in [6, 6.07) is 8.77. The summed E-state index contributed by atoms with van der Waals surface area (Å²) in [4.78, 5) is 44.8. The first-order valence-electron chi connectivity index (χ1n) is 15.1. The maximum atomic E-state index is 12.2. The molecule has 0 saturated carbocycles. The number of fused-ring (bicyclic) bond motifs is 2. The summed E-state index contributed by atoms with van der Waals surface area (Å²) in [5.41, 5.74) is 1.92. The van der Waals surface area contributed by atoms with Crippen molar-refractivity contribution in [2.24, 2.45) is 20.5 Å². The van der Waals surface area contributed by atoms with Crippen molar-refractivity contribution in [3.05, 3.63) is 162 Å². The van der Waals surface area contributed by atoms with Gasteiger partial charge in [0.05, 0.1) is 9.85 Å². The number of nitrogens with zero attached hydrogens (tertiary/aromatic N) is 6. The maximum absolute atomic E-state index is 12.2. The standard InChI is InChI=1S/2C17H13N3O6S.Ca/c2*1-10-2-6-14(15(8-10)20(22)23)18-19-17-13-5-4-12(27(24,25)26)9-11(13)3-7-16(17)21;/h2*2-9H,1H3,(H2,24,25,26);/q;;+2/p-2. The monoisotopic (exact) mass is 812 g/mol. The molecule has 21 heteroatoms. The molecule has 0 heterocycles.